The van der Waals surface area contributed by atoms with Gasteiger partial charge in [0.2, 0.25) is 0 Å². The predicted octanol–water partition coefficient (Wildman–Crippen LogP) is 4.94. The summed E-state index contributed by atoms with van der Waals surface area (Å²) in [5.74, 6) is 1.31. The lowest BCUT2D eigenvalue weighted by Gasteiger charge is -2.11. The van der Waals surface area contributed by atoms with Crippen molar-refractivity contribution in [1.82, 2.24) is 4.90 Å². The van der Waals surface area contributed by atoms with Gasteiger partial charge in [0.25, 0.3) is 5.91 Å². The average molecular weight is 420 g/mol. The van der Waals surface area contributed by atoms with Gasteiger partial charge in [0.05, 0.1) is 4.91 Å². The summed E-state index contributed by atoms with van der Waals surface area (Å²) in [6.45, 7) is 2.79. The van der Waals surface area contributed by atoms with E-state index in [2.05, 4.69) is 0 Å². The molecule has 0 radical (unpaired) electrons. The highest BCUT2D eigenvalue weighted by Gasteiger charge is 2.28. The molecule has 1 aliphatic rings. The SMILES string of the molecule is Cc1cccc(OCCOc2ccc(Cl)cc2C=C2SC(=S)N(C)C2=O)c1. The second-order valence-corrected chi connectivity index (χ2v) is 8.05. The fourth-order valence-corrected chi connectivity index (χ4v) is 3.82. The maximum Gasteiger partial charge on any atom is 0.265 e. The second kappa shape index (κ2) is 8.78. The van der Waals surface area contributed by atoms with Crippen LogP contribution in [0.5, 0.6) is 11.5 Å². The van der Waals surface area contributed by atoms with E-state index in [0.717, 1.165) is 16.9 Å². The Morgan fingerprint density at radius 2 is 1.96 bits per heavy atom. The average Bonchev–Trinajstić information content (AvgIpc) is 2.87. The van der Waals surface area contributed by atoms with Crippen LogP contribution in [0.4, 0.5) is 0 Å². The number of ether oxygens (including phenoxy) is 2. The zero-order chi connectivity index (χ0) is 19.4. The fourth-order valence-electron chi connectivity index (χ4n) is 2.47. The maximum atomic E-state index is 12.2. The van der Waals surface area contributed by atoms with E-state index in [-0.39, 0.29) is 5.91 Å². The van der Waals surface area contributed by atoms with Crippen LogP contribution in [0, 0.1) is 6.92 Å². The topological polar surface area (TPSA) is 38.8 Å². The number of hydrogen-bond acceptors (Lipinski definition) is 5. The lowest BCUT2D eigenvalue weighted by molar-refractivity contribution is -0.121. The predicted molar refractivity (Wildman–Crippen MR) is 115 cm³/mol. The van der Waals surface area contributed by atoms with Crippen molar-refractivity contribution in [3.8, 4) is 11.5 Å². The van der Waals surface area contributed by atoms with Gasteiger partial charge in [-0.2, -0.15) is 0 Å². The lowest BCUT2D eigenvalue weighted by Crippen LogP contribution is -2.22. The van der Waals surface area contributed by atoms with Gasteiger partial charge in [-0.1, -0.05) is 47.7 Å². The van der Waals surface area contributed by atoms with Crippen LogP contribution in [0.3, 0.4) is 0 Å². The van der Waals surface area contributed by atoms with Crippen molar-refractivity contribution in [1.29, 1.82) is 0 Å². The molecule has 7 heteroatoms. The Hall–Kier alpha value is -2.02. The molecule has 0 spiro atoms. The number of carbonyl (C=O) groups excluding carboxylic acids is 1. The molecule has 1 heterocycles. The number of nitrogens with zero attached hydrogens (tertiary/aromatic N) is 1. The number of thioether (sulfide) groups is 1. The summed E-state index contributed by atoms with van der Waals surface area (Å²) in [6, 6.07) is 13.2. The van der Waals surface area contributed by atoms with E-state index in [1.54, 1.807) is 31.3 Å². The van der Waals surface area contributed by atoms with Crippen molar-refractivity contribution >= 4 is 51.9 Å². The zero-order valence-corrected chi connectivity index (χ0v) is 17.3. The van der Waals surface area contributed by atoms with E-state index in [1.165, 1.54) is 16.7 Å². The summed E-state index contributed by atoms with van der Waals surface area (Å²) in [5.41, 5.74) is 1.87. The van der Waals surface area contributed by atoms with Gasteiger partial charge in [0.15, 0.2) is 0 Å². The summed E-state index contributed by atoms with van der Waals surface area (Å²) in [7, 11) is 1.66. The van der Waals surface area contributed by atoms with Crippen LogP contribution >= 0.6 is 35.6 Å². The van der Waals surface area contributed by atoms with Crippen molar-refractivity contribution in [2.75, 3.05) is 20.3 Å². The fraction of sp³-hybridized carbons (Fsp3) is 0.200. The summed E-state index contributed by atoms with van der Waals surface area (Å²) in [4.78, 5) is 14.2. The molecule has 0 unspecified atom stereocenters. The summed E-state index contributed by atoms with van der Waals surface area (Å²) >= 11 is 12.5. The molecule has 4 nitrogen and oxygen atoms in total. The second-order valence-electron chi connectivity index (χ2n) is 5.94. The minimum Gasteiger partial charge on any atom is -0.490 e. The molecule has 27 heavy (non-hydrogen) atoms. The van der Waals surface area contributed by atoms with Gasteiger partial charge in [0, 0.05) is 17.6 Å². The molecule has 0 aromatic heterocycles. The van der Waals surface area contributed by atoms with E-state index in [0.29, 0.717) is 33.2 Å². The van der Waals surface area contributed by atoms with E-state index in [9.17, 15) is 4.79 Å². The minimum atomic E-state index is -0.126. The minimum absolute atomic E-state index is 0.126. The third kappa shape index (κ3) is 5.03. The number of hydrogen-bond donors (Lipinski definition) is 0. The van der Waals surface area contributed by atoms with E-state index >= 15 is 0 Å². The molecule has 2 aromatic rings. The summed E-state index contributed by atoms with van der Waals surface area (Å²) < 4.78 is 12.1. The van der Waals surface area contributed by atoms with E-state index in [4.69, 9.17) is 33.3 Å². The zero-order valence-electron chi connectivity index (χ0n) is 14.9. The number of carbonyl (C=O) groups is 1. The molecule has 3 rings (SSSR count). The molecule has 1 fully saturated rings. The highest BCUT2D eigenvalue weighted by atomic mass is 35.5. The van der Waals surface area contributed by atoms with Gasteiger partial charge in [0.1, 0.15) is 29.0 Å². The lowest BCUT2D eigenvalue weighted by atomic mass is 10.2. The van der Waals surface area contributed by atoms with Gasteiger partial charge >= 0.3 is 0 Å². The summed E-state index contributed by atoms with van der Waals surface area (Å²) in [6.07, 6.45) is 1.76. The number of thiocarbonyl (C=S) groups is 1. The molecule has 0 N–H and O–H groups in total. The smallest absolute Gasteiger partial charge is 0.265 e. The van der Waals surface area contributed by atoms with Crippen molar-refractivity contribution in [2.24, 2.45) is 0 Å². The number of amides is 1. The standard InChI is InChI=1S/C20H18ClNO3S2/c1-13-4-3-5-16(10-13)24-8-9-25-17-7-6-15(21)11-14(17)12-18-19(23)22(2)20(26)27-18/h3-7,10-12H,8-9H2,1-2H3. The van der Waals surface area contributed by atoms with Crippen molar-refractivity contribution in [3.63, 3.8) is 0 Å². The van der Waals surface area contributed by atoms with Crippen LogP contribution < -0.4 is 9.47 Å². The van der Waals surface area contributed by atoms with Crippen LogP contribution in [0.25, 0.3) is 6.08 Å². The molecular weight excluding hydrogens is 402 g/mol. The number of rotatable bonds is 6. The van der Waals surface area contributed by atoms with Gasteiger partial charge in [-0.3, -0.25) is 9.69 Å². The van der Waals surface area contributed by atoms with Gasteiger partial charge in [-0.25, -0.2) is 0 Å². The molecule has 1 aliphatic heterocycles. The first-order valence-electron chi connectivity index (χ1n) is 8.27. The Morgan fingerprint density at radius 1 is 1.19 bits per heavy atom. The normalized spacial score (nSPS) is 15.5. The molecule has 1 amide bonds. The van der Waals surface area contributed by atoms with Crippen molar-refractivity contribution in [2.45, 2.75) is 6.92 Å². The molecule has 1 saturated heterocycles. The quantitative estimate of drug-likeness (QED) is 0.377. The van der Waals surface area contributed by atoms with Crippen LogP contribution in [0.15, 0.2) is 47.4 Å². The number of likely N-dealkylation sites (N-methyl/N-ethyl adjacent to an activating group) is 1. The van der Waals surface area contributed by atoms with E-state index < -0.39 is 0 Å². The Kier molecular flexibility index (Phi) is 6.42. The molecule has 0 bridgehead atoms. The monoisotopic (exact) mass is 419 g/mol. The first-order chi connectivity index (χ1) is 12.9. The van der Waals surface area contributed by atoms with Crippen LogP contribution in [0.2, 0.25) is 5.02 Å². The first kappa shape index (κ1) is 19.7. The van der Waals surface area contributed by atoms with Crippen molar-refractivity contribution in [3.05, 3.63) is 63.5 Å². The van der Waals surface area contributed by atoms with Crippen LogP contribution in [-0.4, -0.2) is 35.4 Å². The number of aryl methyl sites for hydroxylation is 1. The Balaban J connectivity index is 1.67. The molecule has 0 saturated carbocycles. The molecular formula is C20H18ClNO3S2. The largest absolute Gasteiger partial charge is 0.490 e. The highest BCUT2D eigenvalue weighted by Crippen LogP contribution is 2.34. The van der Waals surface area contributed by atoms with Gasteiger partial charge in [-0.15, -0.1) is 0 Å². The summed E-state index contributed by atoms with van der Waals surface area (Å²) in [5, 5.41) is 0.566. The van der Waals surface area contributed by atoms with Crippen LogP contribution in [-0.2, 0) is 4.79 Å². The molecule has 140 valence electrons. The van der Waals surface area contributed by atoms with Crippen molar-refractivity contribution < 1.29 is 14.3 Å². The maximum absolute atomic E-state index is 12.2. The Bertz CT molecular complexity index is 914. The Morgan fingerprint density at radius 3 is 2.67 bits per heavy atom. The highest BCUT2D eigenvalue weighted by molar-refractivity contribution is 8.26. The first-order valence-corrected chi connectivity index (χ1v) is 9.87. The molecule has 0 atom stereocenters. The van der Waals surface area contributed by atoms with E-state index in [1.807, 2.05) is 31.2 Å². The Labute approximate surface area is 173 Å². The molecule has 2 aromatic carbocycles. The number of halogens is 1. The van der Waals surface area contributed by atoms with Gasteiger partial charge in [-0.05, 0) is 48.9 Å². The molecule has 0 aliphatic carbocycles. The van der Waals surface area contributed by atoms with Crippen LogP contribution in [0.1, 0.15) is 11.1 Å². The van der Waals surface area contributed by atoms with Gasteiger partial charge < -0.3 is 9.47 Å². The number of benzene rings is 2. The third-order valence-corrected chi connectivity index (χ3v) is 5.56. The third-order valence-electron chi connectivity index (χ3n) is 3.84.